The van der Waals surface area contributed by atoms with Gasteiger partial charge < -0.3 is 15.0 Å². The van der Waals surface area contributed by atoms with E-state index >= 15 is 0 Å². The van der Waals surface area contributed by atoms with Crippen LogP contribution in [0.15, 0.2) is 53.7 Å². The molecule has 7 nitrogen and oxygen atoms in total. The number of carbonyl (C=O) groups is 2. The van der Waals surface area contributed by atoms with Crippen LogP contribution in [-0.2, 0) is 10.3 Å². The van der Waals surface area contributed by atoms with Crippen LogP contribution in [0.3, 0.4) is 0 Å². The van der Waals surface area contributed by atoms with Gasteiger partial charge >= 0.3 is 6.09 Å². The number of aliphatic imine (C=N–C) groups is 1. The number of likely N-dealkylation sites (tertiary alicyclic amines) is 1. The fourth-order valence-electron chi connectivity index (χ4n) is 3.97. The van der Waals surface area contributed by atoms with Gasteiger partial charge in [-0.1, -0.05) is 36.0 Å². The quantitative estimate of drug-likeness (QED) is 0.745. The normalized spacial score (nSPS) is 22.7. The minimum atomic E-state index is -0.727. The predicted molar refractivity (Wildman–Crippen MR) is 126 cm³/mol. The Hall–Kier alpha value is -2.87. The first kappa shape index (κ1) is 22.3. The Balaban J connectivity index is 1.66. The van der Waals surface area contributed by atoms with E-state index < -0.39 is 11.1 Å². The van der Waals surface area contributed by atoms with Gasteiger partial charge in [-0.2, -0.15) is 0 Å². The maximum absolute atomic E-state index is 12.8. The van der Waals surface area contributed by atoms with E-state index in [1.165, 1.54) is 11.8 Å². The number of rotatable bonds is 2. The number of benzene rings is 1. The summed E-state index contributed by atoms with van der Waals surface area (Å²) in [6, 6.07) is 13.0. The lowest BCUT2D eigenvalue weighted by Gasteiger charge is -2.34. The van der Waals surface area contributed by atoms with Gasteiger partial charge in [-0.3, -0.25) is 9.78 Å². The number of nitrogens with one attached hydrogen (secondary N) is 1. The fraction of sp³-hybridized carbons (Fsp3) is 0.417. The molecule has 0 saturated carbocycles. The molecule has 168 valence electrons. The molecule has 0 radical (unpaired) electrons. The van der Waals surface area contributed by atoms with Crippen molar-refractivity contribution < 1.29 is 14.3 Å². The average Bonchev–Trinajstić information content (AvgIpc) is 3.14. The number of pyridine rings is 1. The molecule has 2 aliphatic rings. The van der Waals surface area contributed by atoms with Crippen molar-refractivity contribution in [2.45, 2.75) is 38.8 Å². The Kier molecular flexibility index (Phi) is 5.99. The van der Waals surface area contributed by atoms with Crippen molar-refractivity contribution >= 4 is 28.9 Å². The lowest BCUT2D eigenvalue weighted by Crippen LogP contribution is -2.43. The summed E-state index contributed by atoms with van der Waals surface area (Å²) in [7, 11) is 0. The number of aryl methyl sites for hydroxylation is 1. The SMILES string of the molecule is Cc1ccc([C@]23CN(C(=O)OC(C)(C)C)C[C@H]2CSC(NC(=O)c2ccccc2)=N3)nc1. The van der Waals surface area contributed by atoms with E-state index in [-0.39, 0.29) is 17.9 Å². The molecule has 0 aliphatic carbocycles. The molecule has 2 amide bonds. The summed E-state index contributed by atoms with van der Waals surface area (Å²) < 4.78 is 5.62. The van der Waals surface area contributed by atoms with Crippen molar-refractivity contribution in [2.75, 3.05) is 18.8 Å². The number of carbonyl (C=O) groups excluding carboxylic acids is 2. The molecule has 0 unspecified atom stereocenters. The number of amides is 2. The number of hydrogen-bond donors (Lipinski definition) is 1. The third-order valence-electron chi connectivity index (χ3n) is 5.53. The summed E-state index contributed by atoms with van der Waals surface area (Å²) in [5.74, 6) is 0.569. The van der Waals surface area contributed by atoms with Crippen LogP contribution in [0.4, 0.5) is 4.79 Å². The van der Waals surface area contributed by atoms with Crippen LogP contribution in [-0.4, -0.2) is 51.5 Å². The lowest BCUT2D eigenvalue weighted by molar-refractivity contribution is 0.0282. The molecule has 1 aromatic carbocycles. The Morgan fingerprint density at radius 2 is 1.94 bits per heavy atom. The van der Waals surface area contributed by atoms with Gasteiger partial charge in [-0.25, -0.2) is 9.79 Å². The first-order chi connectivity index (χ1) is 15.2. The number of fused-ring (bicyclic) bond motifs is 1. The Morgan fingerprint density at radius 1 is 1.19 bits per heavy atom. The molecule has 4 rings (SSSR count). The second-order valence-corrected chi connectivity index (χ2v) is 10.3. The number of hydrogen-bond acceptors (Lipinski definition) is 6. The molecular formula is C24H28N4O3S. The molecule has 1 saturated heterocycles. The third kappa shape index (κ3) is 4.65. The van der Waals surface area contributed by atoms with Crippen molar-refractivity contribution in [1.29, 1.82) is 0 Å². The topological polar surface area (TPSA) is 83.9 Å². The molecule has 2 aliphatic heterocycles. The van der Waals surface area contributed by atoms with Crippen molar-refractivity contribution in [3.05, 3.63) is 65.5 Å². The van der Waals surface area contributed by atoms with Crippen LogP contribution in [0.1, 0.15) is 42.4 Å². The molecule has 1 aromatic heterocycles. The molecule has 2 atom stereocenters. The minimum absolute atomic E-state index is 0.0626. The van der Waals surface area contributed by atoms with Crippen molar-refractivity contribution in [3.63, 3.8) is 0 Å². The van der Waals surface area contributed by atoms with E-state index in [9.17, 15) is 9.59 Å². The van der Waals surface area contributed by atoms with Crippen LogP contribution < -0.4 is 5.32 Å². The summed E-state index contributed by atoms with van der Waals surface area (Å²) in [6.07, 6.45) is 1.46. The van der Waals surface area contributed by atoms with Gasteiger partial charge in [0.25, 0.3) is 5.91 Å². The number of ether oxygens (including phenoxy) is 1. The first-order valence-electron chi connectivity index (χ1n) is 10.7. The molecule has 8 heteroatoms. The second kappa shape index (κ2) is 8.58. The maximum Gasteiger partial charge on any atom is 0.410 e. The monoisotopic (exact) mass is 452 g/mol. The van der Waals surface area contributed by atoms with Gasteiger partial charge in [0.2, 0.25) is 0 Å². The van der Waals surface area contributed by atoms with Crippen molar-refractivity contribution in [1.82, 2.24) is 15.2 Å². The highest BCUT2D eigenvalue weighted by Gasteiger charge is 2.53. The van der Waals surface area contributed by atoms with Crippen LogP contribution in [0.25, 0.3) is 0 Å². The summed E-state index contributed by atoms with van der Waals surface area (Å²) in [6.45, 7) is 8.44. The van der Waals surface area contributed by atoms with Gasteiger partial charge in [0.1, 0.15) is 11.1 Å². The van der Waals surface area contributed by atoms with E-state index in [0.29, 0.717) is 29.6 Å². The number of thioether (sulfide) groups is 1. The third-order valence-corrected chi connectivity index (χ3v) is 6.57. The Morgan fingerprint density at radius 3 is 2.59 bits per heavy atom. The van der Waals surface area contributed by atoms with Crippen LogP contribution in [0.2, 0.25) is 0 Å². The molecule has 2 aromatic rings. The molecule has 32 heavy (non-hydrogen) atoms. The minimum Gasteiger partial charge on any atom is -0.444 e. The fourth-order valence-corrected chi connectivity index (χ4v) is 5.10. The highest BCUT2D eigenvalue weighted by atomic mass is 32.2. The Labute approximate surface area is 192 Å². The zero-order valence-electron chi connectivity index (χ0n) is 18.8. The number of nitrogens with zero attached hydrogens (tertiary/aromatic N) is 3. The van der Waals surface area contributed by atoms with Gasteiger partial charge in [0.05, 0.1) is 12.2 Å². The highest BCUT2D eigenvalue weighted by molar-refractivity contribution is 8.13. The summed E-state index contributed by atoms with van der Waals surface area (Å²) >= 11 is 1.50. The maximum atomic E-state index is 12.8. The van der Waals surface area contributed by atoms with Crippen LogP contribution in [0.5, 0.6) is 0 Å². The molecule has 1 N–H and O–H groups in total. The number of aromatic nitrogens is 1. The molecule has 1 fully saturated rings. The Bertz CT molecular complexity index is 1030. The highest BCUT2D eigenvalue weighted by Crippen LogP contribution is 2.45. The van der Waals surface area contributed by atoms with Gasteiger partial charge in [0.15, 0.2) is 5.17 Å². The van der Waals surface area contributed by atoms with Gasteiger partial charge in [-0.05, 0) is 51.5 Å². The average molecular weight is 453 g/mol. The molecular weight excluding hydrogens is 424 g/mol. The summed E-state index contributed by atoms with van der Waals surface area (Å²) in [5.41, 5.74) is 1.12. The lowest BCUT2D eigenvalue weighted by atomic mass is 9.85. The second-order valence-electron chi connectivity index (χ2n) is 9.25. The van der Waals surface area contributed by atoms with E-state index in [0.717, 1.165) is 11.3 Å². The van der Waals surface area contributed by atoms with E-state index in [1.54, 1.807) is 17.0 Å². The molecule has 0 bridgehead atoms. The van der Waals surface area contributed by atoms with Crippen LogP contribution >= 0.6 is 11.8 Å². The molecule has 0 spiro atoms. The predicted octanol–water partition coefficient (Wildman–Crippen LogP) is 3.99. The smallest absolute Gasteiger partial charge is 0.410 e. The van der Waals surface area contributed by atoms with Crippen molar-refractivity contribution in [2.24, 2.45) is 10.9 Å². The van der Waals surface area contributed by atoms with E-state index in [1.807, 2.05) is 64.2 Å². The van der Waals surface area contributed by atoms with Crippen molar-refractivity contribution in [3.8, 4) is 0 Å². The van der Waals surface area contributed by atoms with E-state index in [2.05, 4.69) is 10.3 Å². The standard InChI is InChI=1S/C24H28N4O3S/c1-16-10-11-19(25-12-16)24-15-28(22(30)31-23(2,3)4)13-18(24)14-32-21(27-24)26-20(29)17-8-6-5-7-9-17/h5-12,18H,13-15H2,1-4H3,(H,26,27,29)/t18-,24-/m0/s1. The summed E-state index contributed by atoms with van der Waals surface area (Å²) in [5, 5.41) is 3.49. The number of amidine groups is 1. The summed E-state index contributed by atoms with van der Waals surface area (Å²) in [4.78, 5) is 36.9. The zero-order valence-corrected chi connectivity index (χ0v) is 19.6. The molecule has 3 heterocycles. The van der Waals surface area contributed by atoms with E-state index in [4.69, 9.17) is 9.73 Å². The zero-order chi connectivity index (χ0) is 22.9. The largest absolute Gasteiger partial charge is 0.444 e. The first-order valence-corrected chi connectivity index (χ1v) is 11.6. The van der Waals surface area contributed by atoms with Gasteiger partial charge in [-0.15, -0.1) is 0 Å². The van der Waals surface area contributed by atoms with Gasteiger partial charge in [0, 0.05) is 30.0 Å². The van der Waals surface area contributed by atoms with Crippen LogP contribution in [0, 0.1) is 12.8 Å².